The van der Waals surface area contributed by atoms with E-state index in [9.17, 15) is 0 Å². The summed E-state index contributed by atoms with van der Waals surface area (Å²) in [7, 11) is 9.55. The lowest BCUT2D eigenvalue weighted by atomic mass is 9.89. The summed E-state index contributed by atoms with van der Waals surface area (Å²) >= 11 is 3.27. The van der Waals surface area contributed by atoms with Gasteiger partial charge in [0.25, 0.3) is 0 Å². The molecule has 2 aliphatic carbocycles. The summed E-state index contributed by atoms with van der Waals surface area (Å²) in [5, 5.41) is 9.72. The fourth-order valence-electron chi connectivity index (χ4n) is 10.0. The molecule has 8 aromatic heterocycles. The van der Waals surface area contributed by atoms with Crippen molar-refractivity contribution < 1.29 is 9.47 Å². The molecule has 3 atom stereocenters. The second-order valence-corrected chi connectivity index (χ2v) is 20.1. The molecule has 12 rings (SSSR count). The summed E-state index contributed by atoms with van der Waals surface area (Å²) in [4.78, 5) is 44.1. The Balaban J connectivity index is 0.905. The highest BCUT2D eigenvalue weighted by atomic mass is 32.1. The van der Waals surface area contributed by atoms with Crippen molar-refractivity contribution in [2.45, 2.75) is 56.5 Å². The molecule has 69 heavy (non-hydrogen) atoms. The number of rotatable bonds is 14. The van der Waals surface area contributed by atoms with Crippen LogP contribution in [0.2, 0.25) is 0 Å². The summed E-state index contributed by atoms with van der Waals surface area (Å²) in [6, 6.07) is 21.2. The maximum Gasteiger partial charge on any atom is 0.199 e. The van der Waals surface area contributed by atoms with E-state index in [0.29, 0.717) is 29.8 Å². The molecule has 0 radical (unpaired) electrons. The number of aromatic nitrogens is 12. The van der Waals surface area contributed by atoms with E-state index in [1.54, 1.807) is 36.0 Å². The quantitative estimate of drug-likeness (QED) is 0.106. The number of fused-ring (bicyclic) bond motifs is 2. The summed E-state index contributed by atoms with van der Waals surface area (Å²) in [6.45, 7) is 0.655. The van der Waals surface area contributed by atoms with E-state index in [4.69, 9.17) is 44.4 Å². The molecule has 348 valence electrons. The molecule has 2 saturated carbocycles. The summed E-state index contributed by atoms with van der Waals surface area (Å²) in [5.41, 5.74) is 6.07. The monoisotopic (exact) mass is 954 g/mol. The summed E-state index contributed by atoms with van der Waals surface area (Å²) < 4.78 is 20.1. The van der Waals surface area contributed by atoms with Crippen LogP contribution in [0.25, 0.3) is 87.1 Å². The van der Waals surface area contributed by atoms with Crippen molar-refractivity contribution in [3.05, 3.63) is 110 Å². The van der Waals surface area contributed by atoms with Crippen molar-refractivity contribution in [2.24, 2.45) is 27.1 Å². The van der Waals surface area contributed by atoms with Crippen molar-refractivity contribution >= 4 is 54.7 Å². The van der Waals surface area contributed by atoms with Crippen LogP contribution < -0.4 is 10.6 Å². The third kappa shape index (κ3) is 7.96. The Bertz CT molecular complexity index is 3460. The van der Waals surface area contributed by atoms with Crippen LogP contribution in [0.5, 0.6) is 0 Å². The lowest BCUT2D eigenvalue weighted by molar-refractivity contribution is 0.0328. The van der Waals surface area contributed by atoms with Crippen molar-refractivity contribution in [3.8, 4) is 66.7 Å². The topological polar surface area (TPSA) is 165 Å². The van der Waals surface area contributed by atoms with E-state index in [0.717, 1.165) is 101 Å². The lowest BCUT2D eigenvalue weighted by Crippen LogP contribution is -2.40. The first-order valence-corrected chi connectivity index (χ1v) is 24.8. The summed E-state index contributed by atoms with van der Waals surface area (Å²) in [5.74, 6) is 4.20. The molecule has 0 spiro atoms. The van der Waals surface area contributed by atoms with Crippen molar-refractivity contribution in [3.63, 3.8) is 0 Å². The fourth-order valence-corrected chi connectivity index (χ4v) is 12.4. The number of imidazole rings is 4. The second-order valence-electron chi connectivity index (χ2n) is 18.1. The number of methoxy groups -OCH3 is 2. The number of hydrogen-bond acceptors (Lipinski definition) is 14. The standard InChI is InChI=1S/C51H50N14O2S2/c1-62-25-35(54-27-62)42-38(29-12-8-6-9-13-29)40-44(58-46(60-50(40)68-42)48-52-16-18-64(48)3)56-32-20-31(37(23-32)67-5)24-65-19-17-53-49(65)47-59-45(57-33-21-34(22-33)66-4)41-39(30-14-10-7-11-15-30)43(69-51(41)61-47)36-26-63(2)28-55-36/h6-19,25-28,31-34,37H,20-24H2,1-5H3,(H,56,58,60)(H,57,59,61)/t31?,32-,33-,34+,37-/m1/s1. The van der Waals surface area contributed by atoms with E-state index in [2.05, 4.69) is 81.1 Å². The largest absolute Gasteiger partial charge is 0.381 e. The minimum Gasteiger partial charge on any atom is -0.381 e. The second kappa shape index (κ2) is 17.8. The van der Waals surface area contributed by atoms with Gasteiger partial charge in [0.2, 0.25) is 0 Å². The maximum atomic E-state index is 6.30. The average Bonchev–Trinajstić information content (AvgIpc) is 4.22. The molecule has 18 heteroatoms. The third-order valence-corrected chi connectivity index (χ3v) is 15.7. The fraction of sp³-hybridized carbons (Fsp3) is 0.294. The number of ether oxygens (including phenoxy) is 2. The zero-order valence-electron chi connectivity index (χ0n) is 38.8. The van der Waals surface area contributed by atoms with Crippen molar-refractivity contribution in [1.82, 2.24) is 58.1 Å². The van der Waals surface area contributed by atoms with Gasteiger partial charge in [-0.3, -0.25) is 0 Å². The van der Waals surface area contributed by atoms with Crippen LogP contribution >= 0.6 is 22.7 Å². The van der Waals surface area contributed by atoms with E-state index in [-0.39, 0.29) is 30.2 Å². The van der Waals surface area contributed by atoms with Crippen LogP contribution in [0.3, 0.4) is 0 Å². The number of anilines is 2. The van der Waals surface area contributed by atoms with Gasteiger partial charge in [0.1, 0.15) is 21.3 Å². The first-order chi connectivity index (χ1) is 33.8. The zero-order valence-corrected chi connectivity index (χ0v) is 40.4. The molecule has 0 amide bonds. The van der Waals surface area contributed by atoms with Crippen LogP contribution in [0.1, 0.15) is 25.7 Å². The predicted octanol–water partition coefficient (Wildman–Crippen LogP) is 9.59. The van der Waals surface area contributed by atoms with Crippen molar-refractivity contribution in [2.75, 3.05) is 24.9 Å². The molecule has 2 fully saturated rings. The van der Waals surface area contributed by atoms with Gasteiger partial charge in [0, 0.05) is 108 Å². The summed E-state index contributed by atoms with van der Waals surface area (Å²) in [6.07, 6.45) is 19.0. The number of nitrogens with zero attached hydrogens (tertiary/aromatic N) is 12. The lowest BCUT2D eigenvalue weighted by Gasteiger charge is -2.35. The number of nitrogens with one attached hydrogen (secondary N) is 2. The molecular formula is C51H50N14O2S2. The van der Waals surface area contributed by atoms with Crippen LogP contribution in [0.4, 0.5) is 11.6 Å². The van der Waals surface area contributed by atoms with Gasteiger partial charge in [-0.25, -0.2) is 39.9 Å². The highest BCUT2D eigenvalue weighted by molar-refractivity contribution is 7.23. The van der Waals surface area contributed by atoms with Crippen LogP contribution in [0.15, 0.2) is 110 Å². The number of hydrogen-bond donors (Lipinski definition) is 2. The normalized spacial score (nSPS) is 19.2. The zero-order chi connectivity index (χ0) is 46.8. The highest BCUT2D eigenvalue weighted by Crippen LogP contribution is 2.49. The molecule has 2 aromatic carbocycles. The van der Waals surface area contributed by atoms with Gasteiger partial charge in [-0.05, 0) is 36.8 Å². The van der Waals surface area contributed by atoms with Gasteiger partial charge in [0.05, 0.1) is 56.8 Å². The molecule has 0 saturated heterocycles. The Kier molecular flexibility index (Phi) is 11.1. The Hall–Kier alpha value is -7.12. The minimum absolute atomic E-state index is 0.0374. The smallest absolute Gasteiger partial charge is 0.199 e. The Morgan fingerprint density at radius 2 is 1.14 bits per heavy atom. The van der Waals surface area contributed by atoms with E-state index in [1.807, 2.05) is 85.3 Å². The molecule has 10 aromatic rings. The van der Waals surface area contributed by atoms with E-state index in [1.165, 1.54) is 0 Å². The van der Waals surface area contributed by atoms with Crippen LogP contribution in [0, 0.1) is 5.92 Å². The SMILES string of the molecule is CO[C@@H]1C[C@H](Nc2nc(-c3nccn3C)nc3sc(-c4cn(C)cn4)c(-c4ccccc4)c23)CC1Cn1ccnc1-c1nc(N[C@H]2C[C@@H](OC)C2)c2c(-c3ccccc3)c(-c3cn(C)cn3)sc2n1. The van der Waals surface area contributed by atoms with E-state index < -0.39 is 0 Å². The average molecular weight is 955 g/mol. The maximum absolute atomic E-state index is 6.30. The van der Waals surface area contributed by atoms with Gasteiger partial charge < -0.3 is 38.4 Å². The van der Waals surface area contributed by atoms with Gasteiger partial charge in [0.15, 0.2) is 23.3 Å². The molecule has 0 bridgehead atoms. The number of benzene rings is 2. The Morgan fingerprint density at radius 1 is 0.609 bits per heavy atom. The molecule has 0 aliphatic heterocycles. The van der Waals surface area contributed by atoms with Gasteiger partial charge in [-0.15, -0.1) is 22.7 Å². The molecule has 8 heterocycles. The molecule has 2 aliphatic rings. The molecule has 1 unspecified atom stereocenters. The van der Waals surface area contributed by atoms with Gasteiger partial charge in [-0.1, -0.05) is 60.7 Å². The number of aryl methyl sites for hydroxylation is 3. The molecule has 2 N–H and O–H groups in total. The van der Waals surface area contributed by atoms with Crippen LogP contribution in [-0.4, -0.2) is 96.7 Å². The van der Waals surface area contributed by atoms with E-state index >= 15 is 0 Å². The number of thiophene rings is 2. The van der Waals surface area contributed by atoms with Crippen LogP contribution in [-0.2, 0) is 37.2 Å². The van der Waals surface area contributed by atoms with Gasteiger partial charge >= 0.3 is 0 Å². The molecular weight excluding hydrogens is 905 g/mol. The van der Waals surface area contributed by atoms with Crippen molar-refractivity contribution in [1.29, 1.82) is 0 Å². The van der Waals surface area contributed by atoms with Gasteiger partial charge in [-0.2, -0.15) is 0 Å². The minimum atomic E-state index is -0.0381. The first-order valence-electron chi connectivity index (χ1n) is 23.1. The Labute approximate surface area is 406 Å². The molecule has 16 nitrogen and oxygen atoms in total. The first kappa shape index (κ1) is 43.2. The predicted molar refractivity (Wildman–Crippen MR) is 272 cm³/mol. The third-order valence-electron chi connectivity index (χ3n) is 13.5. The highest BCUT2D eigenvalue weighted by Gasteiger charge is 2.37. The Morgan fingerprint density at radius 3 is 1.65 bits per heavy atom.